The molecule has 4 heterocycles. The molecule has 2 fully saturated rings. The van der Waals surface area contributed by atoms with Gasteiger partial charge in [0.2, 0.25) is 11.8 Å². The molecule has 8 nitrogen and oxygen atoms in total. The number of hydrogen-bond acceptors (Lipinski definition) is 6. The highest BCUT2D eigenvalue weighted by Gasteiger charge is 2.75. The first-order valence-corrected chi connectivity index (χ1v) is 11.4. The largest absolute Gasteiger partial charge is 0.461 e. The average molecular weight is 447 g/mol. The highest BCUT2D eigenvalue weighted by molar-refractivity contribution is 5.99. The summed E-state index contributed by atoms with van der Waals surface area (Å²) in [6, 6.07) is -1.57. The van der Waals surface area contributed by atoms with Crippen molar-refractivity contribution >= 4 is 17.8 Å². The number of rotatable bonds is 3. The normalized spacial score (nSPS) is 37.8. The SMILES string of the molecule is CC(C)[C@H](CO)N1C(=O)[C@@H]2[C@H]3C(=O)OCC=C[C@@]3(C)O[C@@]23C=CCN(C(C)(C)C)C(=O)C13. The smallest absolute Gasteiger partial charge is 0.313 e. The minimum absolute atomic E-state index is 0.102. The highest BCUT2D eigenvalue weighted by atomic mass is 16.6. The van der Waals surface area contributed by atoms with Crippen LogP contribution in [0.3, 0.4) is 0 Å². The number of hydrogen-bond donors (Lipinski definition) is 1. The Morgan fingerprint density at radius 2 is 1.81 bits per heavy atom. The maximum Gasteiger partial charge on any atom is 0.313 e. The molecule has 8 heteroatoms. The summed E-state index contributed by atoms with van der Waals surface area (Å²) in [4.78, 5) is 44.4. The van der Waals surface area contributed by atoms with Crippen LogP contribution < -0.4 is 0 Å². The topological polar surface area (TPSA) is 96.4 Å². The van der Waals surface area contributed by atoms with Crippen LogP contribution in [-0.2, 0) is 23.9 Å². The Kier molecular flexibility index (Phi) is 5.33. The van der Waals surface area contributed by atoms with Crippen LogP contribution in [0.4, 0.5) is 0 Å². The number of cyclic esters (lactones) is 1. The van der Waals surface area contributed by atoms with Crippen molar-refractivity contribution in [2.45, 2.75) is 70.4 Å². The van der Waals surface area contributed by atoms with Gasteiger partial charge >= 0.3 is 5.97 Å². The molecule has 1 spiro atoms. The lowest BCUT2D eigenvalue weighted by atomic mass is 9.74. The van der Waals surface area contributed by atoms with Gasteiger partial charge in [-0.05, 0) is 39.7 Å². The molecule has 4 aliphatic rings. The van der Waals surface area contributed by atoms with Crippen LogP contribution >= 0.6 is 0 Å². The van der Waals surface area contributed by atoms with E-state index in [4.69, 9.17) is 9.47 Å². The quantitative estimate of drug-likeness (QED) is 0.518. The van der Waals surface area contributed by atoms with Gasteiger partial charge in [-0.1, -0.05) is 32.1 Å². The number of amides is 2. The predicted octanol–water partition coefficient (Wildman–Crippen LogP) is 1.28. The van der Waals surface area contributed by atoms with Crippen LogP contribution in [0.1, 0.15) is 41.5 Å². The molecule has 0 saturated carbocycles. The zero-order valence-corrected chi connectivity index (χ0v) is 19.7. The summed E-state index contributed by atoms with van der Waals surface area (Å²) < 4.78 is 12.0. The third-order valence-electron chi connectivity index (χ3n) is 7.37. The second kappa shape index (κ2) is 7.42. The molecule has 4 rings (SSSR count). The summed E-state index contributed by atoms with van der Waals surface area (Å²) in [5.74, 6) is -2.99. The molecule has 1 unspecified atom stereocenters. The van der Waals surface area contributed by atoms with E-state index in [-0.39, 0.29) is 30.9 Å². The molecule has 1 N–H and O–H groups in total. The number of aliphatic hydroxyl groups is 1. The van der Waals surface area contributed by atoms with E-state index in [2.05, 4.69) is 0 Å². The monoisotopic (exact) mass is 446 g/mol. The van der Waals surface area contributed by atoms with Crippen LogP contribution in [0.5, 0.6) is 0 Å². The predicted molar refractivity (Wildman–Crippen MR) is 116 cm³/mol. The molecule has 0 aromatic carbocycles. The molecular formula is C24H34N2O6. The number of carbonyl (C=O) groups excluding carboxylic acids is 3. The second-order valence-electron chi connectivity index (χ2n) is 10.8. The zero-order valence-electron chi connectivity index (χ0n) is 19.7. The van der Waals surface area contributed by atoms with Crippen molar-refractivity contribution in [3.63, 3.8) is 0 Å². The van der Waals surface area contributed by atoms with Crippen LogP contribution in [0.25, 0.3) is 0 Å². The van der Waals surface area contributed by atoms with E-state index in [9.17, 15) is 19.5 Å². The van der Waals surface area contributed by atoms with Gasteiger partial charge < -0.3 is 24.4 Å². The van der Waals surface area contributed by atoms with Crippen molar-refractivity contribution in [2.75, 3.05) is 19.8 Å². The zero-order chi connectivity index (χ0) is 23.6. The fraction of sp³-hybridized carbons (Fsp3) is 0.708. The average Bonchev–Trinajstić information content (AvgIpc) is 2.92. The summed E-state index contributed by atoms with van der Waals surface area (Å²) in [6.07, 6.45) is 7.17. The number of aliphatic hydroxyl groups excluding tert-OH is 1. The molecule has 2 saturated heterocycles. The summed E-state index contributed by atoms with van der Waals surface area (Å²) in [7, 11) is 0. The van der Waals surface area contributed by atoms with Crippen LogP contribution in [0, 0.1) is 17.8 Å². The molecule has 0 aliphatic carbocycles. The Balaban J connectivity index is 1.94. The van der Waals surface area contributed by atoms with Crippen molar-refractivity contribution in [3.05, 3.63) is 24.3 Å². The number of nitrogens with zero attached hydrogens (tertiary/aromatic N) is 2. The van der Waals surface area contributed by atoms with E-state index in [1.54, 1.807) is 30.1 Å². The Morgan fingerprint density at radius 1 is 1.12 bits per heavy atom. The maximum atomic E-state index is 14.1. The standard InChI is InChI=1S/C24H34N2O6/c1-14(2)15(13-27)26-18-20(29)25(22(3,4)5)11-7-10-24(18)16(19(26)28)17-21(30)31-12-8-9-23(17,6)32-24/h7-10,14-18,27H,11-13H2,1-6H3/t15-,16-,17-,18?,23+,24-/m0/s1. The van der Waals surface area contributed by atoms with Gasteiger partial charge in [0.05, 0.1) is 24.2 Å². The first-order valence-electron chi connectivity index (χ1n) is 11.4. The van der Waals surface area contributed by atoms with Gasteiger partial charge in [-0.25, -0.2) is 0 Å². The van der Waals surface area contributed by atoms with Crippen molar-refractivity contribution < 1.29 is 29.0 Å². The molecule has 32 heavy (non-hydrogen) atoms. The minimum Gasteiger partial charge on any atom is -0.461 e. The molecule has 0 aromatic rings. The molecule has 0 bridgehead atoms. The van der Waals surface area contributed by atoms with Gasteiger partial charge in [0.25, 0.3) is 0 Å². The molecule has 0 aromatic heterocycles. The minimum atomic E-state index is -1.32. The van der Waals surface area contributed by atoms with Gasteiger partial charge in [-0.2, -0.15) is 0 Å². The Hall–Kier alpha value is -2.19. The van der Waals surface area contributed by atoms with E-state index < -0.39 is 46.6 Å². The van der Waals surface area contributed by atoms with Crippen molar-refractivity contribution in [1.82, 2.24) is 9.80 Å². The summed E-state index contributed by atoms with van der Waals surface area (Å²) in [5.41, 5.74) is -2.89. The highest BCUT2D eigenvalue weighted by Crippen LogP contribution is 2.58. The van der Waals surface area contributed by atoms with Crippen LogP contribution in [-0.4, -0.2) is 81.3 Å². The summed E-state index contributed by atoms with van der Waals surface area (Å²) in [5, 5.41) is 10.2. The number of ether oxygens (including phenoxy) is 2. The molecule has 0 radical (unpaired) electrons. The van der Waals surface area contributed by atoms with Crippen molar-refractivity contribution in [1.29, 1.82) is 0 Å². The van der Waals surface area contributed by atoms with Crippen molar-refractivity contribution in [3.8, 4) is 0 Å². The Bertz CT molecular complexity index is 889. The first kappa shape index (κ1) is 23.0. The van der Waals surface area contributed by atoms with E-state index in [0.717, 1.165) is 0 Å². The maximum absolute atomic E-state index is 14.1. The van der Waals surface area contributed by atoms with Gasteiger partial charge in [0.15, 0.2) is 0 Å². The molecule has 6 atom stereocenters. The first-order chi connectivity index (χ1) is 14.9. The van der Waals surface area contributed by atoms with E-state index in [1.807, 2.05) is 40.7 Å². The molecule has 2 amide bonds. The van der Waals surface area contributed by atoms with Crippen LogP contribution in [0.15, 0.2) is 24.3 Å². The summed E-state index contributed by atoms with van der Waals surface area (Å²) in [6.45, 7) is 11.6. The Labute approximate surface area is 189 Å². The molecule has 176 valence electrons. The lowest BCUT2D eigenvalue weighted by molar-refractivity contribution is -0.162. The van der Waals surface area contributed by atoms with Gasteiger partial charge in [0.1, 0.15) is 24.2 Å². The molecule has 4 aliphatic heterocycles. The van der Waals surface area contributed by atoms with Crippen LogP contribution in [0.2, 0.25) is 0 Å². The fourth-order valence-corrected chi connectivity index (χ4v) is 5.88. The van der Waals surface area contributed by atoms with E-state index >= 15 is 0 Å². The molecular weight excluding hydrogens is 412 g/mol. The van der Waals surface area contributed by atoms with Gasteiger partial charge in [-0.15, -0.1) is 0 Å². The number of fused-ring (bicyclic) bond motifs is 2. The third-order valence-corrected chi connectivity index (χ3v) is 7.37. The number of esters is 1. The van der Waals surface area contributed by atoms with Crippen molar-refractivity contribution in [2.24, 2.45) is 17.8 Å². The van der Waals surface area contributed by atoms with Gasteiger partial charge in [-0.3, -0.25) is 14.4 Å². The van der Waals surface area contributed by atoms with E-state index in [1.165, 1.54) is 4.90 Å². The Morgan fingerprint density at radius 3 is 2.41 bits per heavy atom. The second-order valence-corrected chi connectivity index (χ2v) is 10.8. The number of carbonyl (C=O) groups is 3. The lowest BCUT2D eigenvalue weighted by Gasteiger charge is -2.43. The summed E-state index contributed by atoms with van der Waals surface area (Å²) >= 11 is 0. The number of likely N-dealkylation sites (tertiary alicyclic amines) is 1. The van der Waals surface area contributed by atoms with Gasteiger partial charge in [0, 0.05) is 12.1 Å². The van der Waals surface area contributed by atoms with E-state index in [0.29, 0.717) is 6.54 Å². The fourth-order valence-electron chi connectivity index (χ4n) is 5.88. The third kappa shape index (κ3) is 3.06. The lowest BCUT2D eigenvalue weighted by Crippen LogP contribution is -2.61.